The molecule has 0 unspecified atom stereocenters. The number of nitrogens with one attached hydrogen (secondary N) is 2. The second-order valence-corrected chi connectivity index (χ2v) is 4.20. The van der Waals surface area contributed by atoms with Gasteiger partial charge in [0, 0.05) is 13.0 Å². The Morgan fingerprint density at radius 2 is 2.11 bits per heavy atom. The summed E-state index contributed by atoms with van der Waals surface area (Å²) < 4.78 is 0. The van der Waals surface area contributed by atoms with Crippen LogP contribution in [0.5, 0.6) is 0 Å². The molecular formula is C11H21N6O2+. The highest BCUT2D eigenvalue weighted by Crippen LogP contribution is 2.25. The minimum atomic E-state index is -0.562. The van der Waals surface area contributed by atoms with E-state index in [0.717, 1.165) is 26.1 Å². The van der Waals surface area contributed by atoms with Crippen LogP contribution in [-0.2, 0) is 0 Å². The van der Waals surface area contributed by atoms with Crippen molar-refractivity contribution in [1.29, 1.82) is 0 Å². The third kappa shape index (κ3) is 4.32. The molecule has 0 aliphatic heterocycles. The van der Waals surface area contributed by atoms with Gasteiger partial charge in [-0.25, -0.2) is 9.97 Å². The van der Waals surface area contributed by atoms with Crippen LogP contribution in [0.15, 0.2) is 6.33 Å². The number of quaternary nitrogens is 1. The first-order chi connectivity index (χ1) is 9.10. The zero-order chi connectivity index (χ0) is 14.3. The maximum Gasteiger partial charge on any atom is 0.352 e. The number of nitrogens with zero attached hydrogens (tertiary/aromatic N) is 3. The van der Waals surface area contributed by atoms with Gasteiger partial charge >= 0.3 is 5.69 Å². The molecule has 1 heterocycles. The fourth-order valence-electron chi connectivity index (χ4n) is 1.85. The average Bonchev–Trinajstić information content (AvgIpc) is 2.38. The van der Waals surface area contributed by atoms with Crippen LogP contribution in [0, 0.1) is 10.1 Å². The zero-order valence-corrected chi connectivity index (χ0v) is 11.3. The quantitative estimate of drug-likeness (QED) is 0.339. The molecule has 19 heavy (non-hydrogen) atoms. The topological polar surface area (TPSA) is 111 Å². The van der Waals surface area contributed by atoms with Crippen LogP contribution in [0.2, 0.25) is 0 Å². The lowest BCUT2D eigenvalue weighted by atomic mass is 10.3. The number of nitrogen functional groups attached to an aromatic ring is 1. The summed E-state index contributed by atoms with van der Waals surface area (Å²) in [6, 6.07) is 0. The first-order valence-electron chi connectivity index (χ1n) is 6.42. The molecule has 0 fully saturated rings. The van der Waals surface area contributed by atoms with E-state index in [1.807, 2.05) is 0 Å². The van der Waals surface area contributed by atoms with Gasteiger partial charge in [-0.1, -0.05) is 0 Å². The Balaban J connectivity index is 2.54. The molecule has 106 valence electrons. The van der Waals surface area contributed by atoms with E-state index in [1.54, 1.807) is 0 Å². The molecule has 0 atom stereocenters. The Bertz CT molecular complexity index is 422. The second kappa shape index (κ2) is 7.47. The van der Waals surface area contributed by atoms with Crippen LogP contribution in [0.25, 0.3) is 0 Å². The number of hydrogen-bond donors (Lipinski definition) is 3. The Labute approximate surface area is 112 Å². The van der Waals surface area contributed by atoms with Gasteiger partial charge in [-0.3, -0.25) is 10.1 Å². The third-order valence-electron chi connectivity index (χ3n) is 3.03. The normalized spacial score (nSPS) is 10.7. The van der Waals surface area contributed by atoms with Gasteiger partial charge in [-0.05, 0) is 13.8 Å². The molecule has 0 aliphatic rings. The Kier molecular flexibility index (Phi) is 5.94. The van der Waals surface area contributed by atoms with Gasteiger partial charge in [0.05, 0.1) is 24.6 Å². The van der Waals surface area contributed by atoms with Gasteiger partial charge in [0.2, 0.25) is 11.6 Å². The summed E-state index contributed by atoms with van der Waals surface area (Å²) in [7, 11) is 0. The van der Waals surface area contributed by atoms with Crippen molar-refractivity contribution in [3.05, 3.63) is 16.4 Å². The van der Waals surface area contributed by atoms with Crippen LogP contribution in [0.4, 0.5) is 17.3 Å². The van der Waals surface area contributed by atoms with Crippen molar-refractivity contribution in [3.63, 3.8) is 0 Å². The lowest BCUT2D eigenvalue weighted by Gasteiger charge is -2.15. The smallest absolute Gasteiger partial charge is 0.352 e. The van der Waals surface area contributed by atoms with Crippen molar-refractivity contribution in [1.82, 2.24) is 9.97 Å². The van der Waals surface area contributed by atoms with E-state index in [1.165, 1.54) is 11.2 Å². The van der Waals surface area contributed by atoms with E-state index in [2.05, 4.69) is 29.1 Å². The highest BCUT2D eigenvalue weighted by molar-refractivity contribution is 5.67. The van der Waals surface area contributed by atoms with Crippen molar-refractivity contribution < 1.29 is 9.82 Å². The highest BCUT2D eigenvalue weighted by Gasteiger charge is 2.20. The van der Waals surface area contributed by atoms with Crippen molar-refractivity contribution in [2.45, 2.75) is 20.3 Å². The molecule has 0 amide bonds. The molecule has 8 heteroatoms. The molecule has 0 saturated heterocycles. The van der Waals surface area contributed by atoms with Gasteiger partial charge < -0.3 is 16.0 Å². The summed E-state index contributed by atoms with van der Waals surface area (Å²) >= 11 is 0. The number of rotatable bonds is 8. The van der Waals surface area contributed by atoms with Gasteiger partial charge in [0.1, 0.15) is 6.33 Å². The molecule has 0 saturated carbocycles. The monoisotopic (exact) mass is 269 g/mol. The van der Waals surface area contributed by atoms with E-state index in [0.29, 0.717) is 6.54 Å². The maximum absolute atomic E-state index is 10.9. The van der Waals surface area contributed by atoms with Gasteiger partial charge in [-0.15, -0.1) is 0 Å². The largest absolute Gasteiger partial charge is 0.378 e. The minimum Gasteiger partial charge on any atom is -0.378 e. The first kappa shape index (κ1) is 15.1. The number of hydrogen-bond acceptors (Lipinski definition) is 6. The standard InChI is InChI=1S/C11H20N6O2/c1-3-16(4-2)7-5-6-13-11-9(17(18)19)10(12)14-8-15-11/h8H,3-7H2,1-2H3,(H3,12,13,14,15)/p+1. The predicted molar refractivity (Wildman–Crippen MR) is 73.1 cm³/mol. The number of aromatic nitrogens is 2. The van der Waals surface area contributed by atoms with Crippen LogP contribution < -0.4 is 16.0 Å². The summed E-state index contributed by atoms with van der Waals surface area (Å²) in [6.07, 6.45) is 2.14. The molecule has 0 spiro atoms. The number of nitrogens with two attached hydrogens (primary N) is 1. The van der Waals surface area contributed by atoms with E-state index in [-0.39, 0.29) is 17.3 Å². The third-order valence-corrected chi connectivity index (χ3v) is 3.03. The molecule has 0 bridgehead atoms. The summed E-state index contributed by atoms with van der Waals surface area (Å²) in [4.78, 5) is 19.3. The van der Waals surface area contributed by atoms with Crippen molar-refractivity contribution in [3.8, 4) is 0 Å². The lowest BCUT2D eigenvalue weighted by molar-refractivity contribution is -0.896. The first-order valence-corrected chi connectivity index (χ1v) is 6.42. The molecule has 1 aromatic heterocycles. The second-order valence-electron chi connectivity index (χ2n) is 4.20. The summed E-state index contributed by atoms with van der Waals surface area (Å²) in [5.74, 6) is 0.0731. The van der Waals surface area contributed by atoms with Crippen LogP contribution in [0.1, 0.15) is 20.3 Å². The highest BCUT2D eigenvalue weighted by atomic mass is 16.6. The van der Waals surface area contributed by atoms with Gasteiger partial charge in [-0.2, -0.15) is 0 Å². The summed E-state index contributed by atoms with van der Waals surface area (Å²) in [5.41, 5.74) is 5.23. The molecule has 4 N–H and O–H groups in total. The van der Waals surface area contributed by atoms with Crippen LogP contribution in [-0.4, -0.2) is 41.1 Å². The SMILES string of the molecule is CC[NH+](CC)CCCNc1ncnc(N)c1[N+](=O)[O-]. The predicted octanol–water partition coefficient (Wildman–Crippen LogP) is -0.306. The summed E-state index contributed by atoms with van der Waals surface area (Å²) in [5, 5.41) is 13.8. The van der Waals surface area contributed by atoms with Crippen LogP contribution in [0.3, 0.4) is 0 Å². The molecule has 8 nitrogen and oxygen atoms in total. The van der Waals surface area contributed by atoms with E-state index < -0.39 is 4.92 Å². The number of anilines is 2. The van der Waals surface area contributed by atoms with E-state index in [4.69, 9.17) is 5.73 Å². The molecule has 1 aromatic rings. The fraction of sp³-hybridized carbons (Fsp3) is 0.636. The van der Waals surface area contributed by atoms with Gasteiger partial charge in [0.25, 0.3) is 0 Å². The maximum atomic E-state index is 10.9. The molecule has 1 rings (SSSR count). The van der Waals surface area contributed by atoms with E-state index in [9.17, 15) is 10.1 Å². The Morgan fingerprint density at radius 3 is 2.68 bits per heavy atom. The molecule has 0 radical (unpaired) electrons. The van der Waals surface area contributed by atoms with Crippen molar-refractivity contribution in [2.24, 2.45) is 0 Å². The van der Waals surface area contributed by atoms with Gasteiger partial charge in [0.15, 0.2) is 0 Å². The lowest BCUT2D eigenvalue weighted by Crippen LogP contribution is -3.11. The minimum absolute atomic E-state index is 0.114. The summed E-state index contributed by atoms with van der Waals surface area (Å²) in [6.45, 7) is 8.09. The Hall–Kier alpha value is -1.96. The van der Waals surface area contributed by atoms with Crippen molar-refractivity contribution in [2.75, 3.05) is 37.2 Å². The molecule has 0 aliphatic carbocycles. The Morgan fingerprint density at radius 1 is 1.42 bits per heavy atom. The van der Waals surface area contributed by atoms with E-state index >= 15 is 0 Å². The fourth-order valence-corrected chi connectivity index (χ4v) is 1.85. The zero-order valence-electron chi connectivity index (χ0n) is 11.3. The number of nitro groups is 1. The van der Waals surface area contributed by atoms with Crippen LogP contribution >= 0.6 is 0 Å². The molecule has 0 aromatic carbocycles. The van der Waals surface area contributed by atoms with Crippen molar-refractivity contribution >= 4 is 17.3 Å². The average molecular weight is 269 g/mol. The molecular weight excluding hydrogens is 248 g/mol.